The molecule has 2 heterocycles. The lowest BCUT2D eigenvalue weighted by Gasteiger charge is -2.32. The second kappa shape index (κ2) is 10.00. The number of hydrogen-bond donors (Lipinski definition) is 1. The number of ether oxygens (including phenoxy) is 1. The molecule has 2 rings (SSSR count). The van der Waals surface area contributed by atoms with Crippen molar-refractivity contribution in [2.24, 2.45) is 4.99 Å². The van der Waals surface area contributed by atoms with E-state index in [1.807, 2.05) is 6.92 Å². The van der Waals surface area contributed by atoms with Crippen LogP contribution in [-0.2, 0) is 14.6 Å². The Morgan fingerprint density at radius 1 is 1.30 bits per heavy atom. The third-order valence-electron chi connectivity index (χ3n) is 4.08. The molecule has 7 nitrogen and oxygen atoms in total. The topological polar surface area (TPSA) is 74.2 Å². The van der Waals surface area contributed by atoms with Crippen molar-refractivity contribution < 1.29 is 13.2 Å². The van der Waals surface area contributed by atoms with Crippen molar-refractivity contribution in [2.45, 2.75) is 19.4 Å². The molecule has 9 heteroatoms. The van der Waals surface area contributed by atoms with Gasteiger partial charge in [0, 0.05) is 45.0 Å². The van der Waals surface area contributed by atoms with E-state index in [-0.39, 0.29) is 29.7 Å². The summed E-state index contributed by atoms with van der Waals surface area (Å²) >= 11 is 0. The number of halogens is 1. The van der Waals surface area contributed by atoms with Crippen LogP contribution in [0, 0.1) is 0 Å². The molecule has 0 aromatic carbocycles. The molecule has 0 aromatic rings. The normalized spacial score (nSPS) is 23.7. The van der Waals surface area contributed by atoms with Crippen LogP contribution in [0.2, 0.25) is 0 Å². The lowest BCUT2D eigenvalue weighted by atomic mass is 10.2. The fraction of sp³-hybridized carbons (Fsp3) is 0.929. The predicted molar refractivity (Wildman–Crippen MR) is 103 cm³/mol. The van der Waals surface area contributed by atoms with Crippen molar-refractivity contribution in [3.63, 3.8) is 0 Å². The number of sulfone groups is 1. The highest BCUT2D eigenvalue weighted by atomic mass is 127. The zero-order valence-corrected chi connectivity index (χ0v) is 17.2. The summed E-state index contributed by atoms with van der Waals surface area (Å²) in [5.74, 6) is 0.935. The molecule has 0 bridgehead atoms. The first-order chi connectivity index (χ1) is 10.5. The highest BCUT2D eigenvalue weighted by Crippen LogP contribution is 2.17. The summed E-state index contributed by atoms with van der Waals surface area (Å²) in [4.78, 5) is 9.20. The molecule has 2 fully saturated rings. The van der Waals surface area contributed by atoms with Gasteiger partial charge in [-0.1, -0.05) is 0 Å². The Morgan fingerprint density at radius 2 is 2.00 bits per heavy atom. The molecular weight excluding hydrogens is 431 g/mol. The largest absolute Gasteiger partial charge is 0.379 e. The van der Waals surface area contributed by atoms with Gasteiger partial charge in [0.2, 0.25) is 0 Å². The minimum atomic E-state index is -2.96. The number of hydrogen-bond acceptors (Lipinski definition) is 5. The van der Waals surface area contributed by atoms with Crippen LogP contribution >= 0.6 is 24.0 Å². The van der Waals surface area contributed by atoms with Crippen LogP contribution in [0.25, 0.3) is 0 Å². The van der Waals surface area contributed by atoms with E-state index in [9.17, 15) is 8.42 Å². The van der Waals surface area contributed by atoms with Gasteiger partial charge in [0.1, 0.15) is 9.84 Å². The van der Waals surface area contributed by atoms with Gasteiger partial charge in [-0.15, -0.1) is 24.0 Å². The van der Waals surface area contributed by atoms with E-state index < -0.39 is 9.84 Å². The number of aliphatic imine (C=N–C) groups is 1. The van der Waals surface area contributed by atoms with Crippen molar-refractivity contribution in [1.82, 2.24) is 15.1 Å². The molecular formula is C14H29IN4O3S. The number of nitrogens with zero attached hydrogens (tertiary/aromatic N) is 3. The summed E-state index contributed by atoms with van der Waals surface area (Å²) in [7, 11) is -2.96. The van der Waals surface area contributed by atoms with Crippen LogP contribution in [0.4, 0.5) is 0 Å². The maximum atomic E-state index is 11.2. The fourth-order valence-corrected chi connectivity index (χ4v) is 3.34. The van der Waals surface area contributed by atoms with Crippen LogP contribution < -0.4 is 5.32 Å². The lowest BCUT2D eigenvalue weighted by Crippen LogP contribution is -2.46. The van der Waals surface area contributed by atoms with E-state index in [2.05, 4.69) is 20.1 Å². The minimum absolute atomic E-state index is 0. The SMILES string of the molecule is CCNC(=NCCS(C)(=O)=O)N1CCC(N2CCOCC2)C1.I. The zero-order chi connectivity index (χ0) is 16.0. The summed E-state index contributed by atoms with van der Waals surface area (Å²) in [6.45, 7) is 8.69. The van der Waals surface area contributed by atoms with Gasteiger partial charge in [-0.2, -0.15) is 0 Å². The first-order valence-electron chi connectivity index (χ1n) is 8.02. The molecule has 136 valence electrons. The van der Waals surface area contributed by atoms with Gasteiger partial charge in [0.15, 0.2) is 5.96 Å². The summed E-state index contributed by atoms with van der Waals surface area (Å²) in [5, 5.41) is 3.27. The smallest absolute Gasteiger partial charge is 0.193 e. The molecule has 2 saturated heterocycles. The van der Waals surface area contributed by atoms with Gasteiger partial charge in [0.05, 0.1) is 25.5 Å². The Morgan fingerprint density at radius 3 is 2.61 bits per heavy atom. The van der Waals surface area contributed by atoms with Gasteiger partial charge in [0.25, 0.3) is 0 Å². The maximum absolute atomic E-state index is 11.2. The standard InChI is InChI=1S/C14H28N4O3S.HI/c1-3-15-14(16-5-11-22(2,19)20)18-6-4-13(12-18)17-7-9-21-10-8-17;/h13H,3-12H2,1-2H3,(H,15,16);1H. The molecule has 1 atom stereocenters. The van der Waals surface area contributed by atoms with E-state index >= 15 is 0 Å². The van der Waals surface area contributed by atoms with E-state index in [1.54, 1.807) is 0 Å². The summed E-state index contributed by atoms with van der Waals surface area (Å²) in [6, 6.07) is 0.544. The van der Waals surface area contributed by atoms with Crippen molar-refractivity contribution in [3.05, 3.63) is 0 Å². The second-order valence-corrected chi connectivity index (χ2v) is 8.16. The minimum Gasteiger partial charge on any atom is -0.379 e. The van der Waals surface area contributed by atoms with E-state index in [1.165, 1.54) is 6.26 Å². The molecule has 0 saturated carbocycles. The Kier molecular flexibility index (Phi) is 9.09. The average molecular weight is 460 g/mol. The van der Waals surface area contributed by atoms with Crippen LogP contribution in [0.5, 0.6) is 0 Å². The molecule has 1 N–H and O–H groups in total. The molecule has 1 unspecified atom stereocenters. The van der Waals surface area contributed by atoms with Gasteiger partial charge in [-0.25, -0.2) is 8.42 Å². The molecule has 0 aromatic heterocycles. The summed E-state index contributed by atoms with van der Waals surface area (Å²) < 4.78 is 27.9. The van der Waals surface area contributed by atoms with Gasteiger partial charge in [-0.05, 0) is 13.3 Å². The molecule has 0 spiro atoms. The third-order valence-corrected chi connectivity index (χ3v) is 5.01. The van der Waals surface area contributed by atoms with Gasteiger partial charge < -0.3 is 15.0 Å². The van der Waals surface area contributed by atoms with Crippen LogP contribution in [0.3, 0.4) is 0 Å². The van der Waals surface area contributed by atoms with E-state index in [0.717, 1.165) is 58.3 Å². The number of likely N-dealkylation sites (tertiary alicyclic amines) is 1. The quantitative estimate of drug-likeness (QED) is 0.355. The van der Waals surface area contributed by atoms with Crippen molar-refractivity contribution >= 4 is 39.8 Å². The Balaban J connectivity index is 0.00000264. The molecule has 2 aliphatic heterocycles. The molecule has 2 aliphatic rings. The summed E-state index contributed by atoms with van der Waals surface area (Å²) in [5.41, 5.74) is 0. The number of nitrogens with one attached hydrogen (secondary N) is 1. The molecule has 0 radical (unpaired) electrons. The highest BCUT2D eigenvalue weighted by Gasteiger charge is 2.30. The van der Waals surface area contributed by atoms with Gasteiger partial charge in [-0.3, -0.25) is 9.89 Å². The molecule has 23 heavy (non-hydrogen) atoms. The monoisotopic (exact) mass is 460 g/mol. The first-order valence-corrected chi connectivity index (χ1v) is 10.1. The maximum Gasteiger partial charge on any atom is 0.193 e. The van der Waals surface area contributed by atoms with E-state index in [4.69, 9.17) is 4.74 Å². The molecule has 0 aliphatic carbocycles. The van der Waals surface area contributed by atoms with Gasteiger partial charge >= 0.3 is 0 Å². The van der Waals surface area contributed by atoms with Crippen LogP contribution in [0.15, 0.2) is 4.99 Å². The zero-order valence-electron chi connectivity index (χ0n) is 14.0. The Bertz CT molecular complexity index is 480. The van der Waals surface area contributed by atoms with Crippen molar-refractivity contribution in [3.8, 4) is 0 Å². The second-order valence-electron chi connectivity index (χ2n) is 5.90. The van der Waals surface area contributed by atoms with Crippen LogP contribution in [-0.4, -0.2) is 94.7 Å². The lowest BCUT2D eigenvalue weighted by molar-refractivity contribution is 0.0195. The number of guanidine groups is 1. The average Bonchev–Trinajstić information content (AvgIpc) is 2.96. The van der Waals surface area contributed by atoms with E-state index in [0.29, 0.717) is 12.6 Å². The third kappa shape index (κ3) is 7.10. The first kappa shape index (κ1) is 20.9. The fourth-order valence-electron chi connectivity index (χ4n) is 2.92. The van der Waals surface area contributed by atoms with Crippen LogP contribution in [0.1, 0.15) is 13.3 Å². The summed E-state index contributed by atoms with van der Waals surface area (Å²) in [6.07, 6.45) is 2.37. The molecule has 0 amide bonds. The predicted octanol–water partition coefficient (Wildman–Crippen LogP) is 0.0210. The number of rotatable bonds is 5. The van der Waals surface area contributed by atoms with Crippen molar-refractivity contribution in [1.29, 1.82) is 0 Å². The number of morpholine rings is 1. The van der Waals surface area contributed by atoms with Crippen molar-refractivity contribution in [2.75, 3.05) is 64.5 Å². The Hall–Kier alpha value is -0.130. The Labute approximate surface area is 156 Å². The highest BCUT2D eigenvalue weighted by molar-refractivity contribution is 14.0.